The summed E-state index contributed by atoms with van der Waals surface area (Å²) in [5.41, 5.74) is 2.10. The van der Waals surface area contributed by atoms with E-state index >= 15 is 0 Å². The Labute approximate surface area is 138 Å². The molecule has 3 nitrogen and oxygen atoms in total. The number of hydrogen-bond acceptors (Lipinski definition) is 2. The summed E-state index contributed by atoms with van der Waals surface area (Å²) >= 11 is 0. The Morgan fingerprint density at radius 1 is 1.17 bits per heavy atom. The summed E-state index contributed by atoms with van der Waals surface area (Å²) in [6.45, 7) is 7.54. The summed E-state index contributed by atoms with van der Waals surface area (Å²) in [5, 5.41) is 3.34. The van der Waals surface area contributed by atoms with Crippen LogP contribution in [0.5, 0.6) is 0 Å². The van der Waals surface area contributed by atoms with Crippen molar-refractivity contribution in [2.75, 3.05) is 26.2 Å². The van der Waals surface area contributed by atoms with Crippen LogP contribution in [-0.2, 0) is 0 Å². The fraction of sp³-hybridized carbons (Fsp3) is 0.632. The fourth-order valence-corrected chi connectivity index (χ4v) is 3.80. The number of benzene rings is 1. The summed E-state index contributed by atoms with van der Waals surface area (Å²) in [6, 6.07) is 3.63. The lowest BCUT2D eigenvalue weighted by molar-refractivity contribution is 0.0691. The summed E-state index contributed by atoms with van der Waals surface area (Å²) < 4.78 is 14.7. The normalized spacial score (nSPS) is 20.7. The molecule has 0 atom stereocenters. The van der Waals surface area contributed by atoms with Crippen LogP contribution < -0.4 is 5.32 Å². The van der Waals surface area contributed by atoms with Crippen LogP contribution in [0.2, 0.25) is 0 Å². The van der Waals surface area contributed by atoms with Crippen molar-refractivity contribution in [2.45, 2.75) is 45.4 Å². The van der Waals surface area contributed by atoms with Gasteiger partial charge in [0.2, 0.25) is 0 Å². The van der Waals surface area contributed by atoms with Gasteiger partial charge in [-0.3, -0.25) is 4.79 Å². The molecule has 126 valence electrons. The lowest BCUT2D eigenvalue weighted by Gasteiger charge is -2.31. The van der Waals surface area contributed by atoms with Crippen molar-refractivity contribution in [3.8, 4) is 0 Å². The van der Waals surface area contributed by atoms with E-state index in [1.807, 2.05) is 17.9 Å². The number of nitrogens with one attached hydrogen (secondary N) is 1. The molecular weight excluding hydrogens is 291 g/mol. The van der Waals surface area contributed by atoms with E-state index in [1.165, 1.54) is 0 Å². The van der Waals surface area contributed by atoms with Crippen molar-refractivity contribution in [2.24, 2.45) is 5.92 Å². The van der Waals surface area contributed by atoms with Gasteiger partial charge in [0.05, 0.1) is 5.56 Å². The zero-order valence-corrected chi connectivity index (χ0v) is 14.2. The maximum atomic E-state index is 14.7. The molecule has 4 heteroatoms. The molecule has 0 aromatic heterocycles. The molecule has 0 saturated carbocycles. The van der Waals surface area contributed by atoms with E-state index in [0.29, 0.717) is 11.8 Å². The van der Waals surface area contributed by atoms with Gasteiger partial charge in [-0.25, -0.2) is 4.39 Å². The highest BCUT2D eigenvalue weighted by Crippen LogP contribution is 2.29. The number of piperidine rings is 2. The minimum atomic E-state index is -0.345. The average Bonchev–Trinajstić information content (AvgIpc) is 2.55. The van der Waals surface area contributed by atoms with Gasteiger partial charge in [0.25, 0.3) is 5.91 Å². The van der Waals surface area contributed by atoms with Gasteiger partial charge in [-0.15, -0.1) is 0 Å². The third-order valence-corrected chi connectivity index (χ3v) is 5.40. The monoisotopic (exact) mass is 318 g/mol. The molecule has 2 saturated heterocycles. The Hall–Kier alpha value is -1.42. The Kier molecular flexibility index (Phi) is 5.00. The average molecular weight is 318 g/mol. The third-order valence-electron chi connectivity index (χ3n) is 5.40. The van der Waals surface area contributed by atoms with Crippen molar-refractivity contribution >= 4 is 5.91 Å². The Balaban J connectivity index is 1.81. The molecule has 23 heavy (non-hydrogen) atoms. The van der Waals surface area contributed by atoms with E-state index in [4.69, 9.17) is 0 Å². The molecule has 1 aromatic carbocycles. The zero-order chi connectivity index (χ0) is 16.4. The molecule has 1 N–H and O–H groups in total. The largest absolute Gasteiger partial charge is 0.339 e. The summed E-state index contributed by atoms with van der Waals surface area (Å²) in [6.07, 6.45) is 4.10. The number of amides is 1. The lowest BCUT2D eigenvalue weighted by Crippen LogP contribution is -2.38. The van der Waals surface area contributed by atoms with Crippen molar-refractivity contribution in [1.82, 2.24) is 10.2 Å². The quantitative estimate of drug-likeness (QED) is 0.905. The molecule has 1 aromatic rings. The van der Waals surface area contributed by atoms with Gasteiger partial charge in [0.1, 0.15) is 5.82 Å². The first-order valence-electron chi connectivity index (χ1n) is 8.86. The number of carbonyl (C=O) groups is 1. The molecule has 2 aliphatic heterocycles. The maximum Gasteiger partial charge on any atom is 0.257 e. The van der Waals surface area contributed by atoms with Gasteiger partial charge in [-0.05, 0) is 74.7 Å². The summed E-state index contributed by atoms with van der Waals surface area (Å²) in [7, 11) is 0. The van der Waals surface area contributed by atoms with Crippen LogP contribution >= 0.6 is 0 Å². The Bertz CT molecular complexity index is 550. The van der Waals surface area contributed by atoms with E-state index in [2.05, 4.69) is 12.2 Å². The van der Waals surface area contributed by atoms with Gasteiger partial charge in [0.15, 0.2) is 0 Å². The van der Waals surface area contributed by atoms with E-state index in [0.717, 1.165) is 63.0 Å². The van der Waals surface area contributed by atoms with Crippen LogP contribution in [-0.4, -0.2) is 37.0 Å². The number of rotatable bonds is 2. The number of hydrogen-bond donors (Lipinski definition) is 1. The van der Waals surface area contributed by atoms with Crippen LogP contribution in [0.3, 0.4) is 0 Å². The molecule has 0 spiro atoms. The highest BCUT2D eigenvalue weighted by molar-refractivity contribution is 5.96. The molecule has 1 amide bonds. The highest BCUT2D eigenvalue weighted by Gasteiger charge is 2.26. The molecule has 2 aliphatic rings. The first-order valence-corrected chi connectivity index (χ1v) is 8.86. The first kappa shape index (κ1) is 16.4. The molecule has 0 bridgehead atoms. The van der Waals surface area contributed by atoms with E-state index in [9.17, 15) is 9.18 Å². The topological polar surface area (TPSA) is 32.3 Å². The minimum absolute atomic E-state index is 0.135. The van der Waals surface area contributed by atoms with Gasteiger partial charge < -0.3 is 10.2 Å². The smallest absolute Gasteiger partial charge is 0.257 e. The lowest BCUT2D eigenvalue weighted by atomic mass is 9.88. The summed E-state index contributed by atoms with van der Waals surface area (Å²) in [4.78, 5) is 14.5. The van der Waals surface area contributed by atoms with Gasteiger partial charge >= 0.3 is 0 Å². The van der Waals surface area contributed by atoms with Gasteiger partial charge in [-0.2, -0.15) is 0 Å². The second-order valence-electron chi connectivity index (χ2n) is 7.19. The Morgan fingerprint density at radius 2 is 1.83 bits per heavy atom. The molecule has 2 fully saturated rings. The predicted molar refractivity (Wildman–Crippen MR) is 90.3 cm³/mol. The van der Waals surface area contributed by atoms with E-state index in [-0.39, 0.29) is 17.3 Å². The minimum Gasteiger partial charge on any atom is -0.339 e. The standard InChI is InChI=1S/C19H27FN2O/c1-13-5-9-22(10-6-13)19(23)18-14(2)11-16(12-17(18)20)15-3-7-21-8-4-15/h11-13,15,21H,3-10H2,1-2H3. The second kappa shape index (κ2) is 7.00. The van der Waals surface area contributed by atoms with Crippen LogP contribution in [0.4, 0.5) is 4.39 Å². The van der Waals surface area contributed by atoms with Gasteiger partial charge in [0, 0.05) is 13.1 Å². The Morgan fingerprint density at radius 3 is 2.43 bits per heavy atom. The SMILES string of the molecule is Cc1cc(C2CCNCC2)cc(F)c1C(=O)N1CCC(C)CC1. The molecular formula is C19H27FN2O. The predicted octanol–water partition coefficient (Wildman–Crippen LogP) is 3.47. The number of aryl methyl sites for hydroxylation is 1. The van der Waals surface area contributed by atoms with Crippen molar-refractivity contribution in [3.63, 3.8) is 0 Å². The van der Waals surface area contributed by atoms with Crippen molar-refractivity contribution in [3.05, 3.63) is 34.6 Å². The van der Waals surface area contributed by atoms with Crippen molar-refractivity contribution in [1.29, 1.82) is 0 Å². The van der Waals surface area contributed by atoms with Crippen LogP contribution in [0.15, 0.2) is 12.1 Å². The molecule has 3 rings (SSSR count). The zero-order valence-electron chi connectivity index (χ0n) is 14.2. The van der Waals surface area contributed by atoms with E-state index in [1.54, 1.807) is 6.07 Å². The molecule has 2 heterocycles. The second-order valence-corrected chi connectivity index (χ2v) is 7.19. The molecule has 0 radical (unpaired) electrons. The molecule has 0 unspecified atom stereocenters. The summed E-state index contributed by atoms with van der Waals surface area (Å²) in [5.74, 6) is 0.586. The maximum absolute atomic E-state index is 14.7. The third kappa shape index (κ3) is 3.57. The number of halogens is 1. The van der Waals surface area contributed by atoms with Crippen LogP contribution in [0.25, 0.3) is 0 Å². The van der Waals surface area contributed by atoms with Crippen molar-refractivity contribution < 1.29 is 9.18 Å². The van der Waals surface area contributed by atoms with Gasteiger partial charge in [-0.1, -0.05) is 13.0 Å². The fourth-order valence-electron chi connectivity index (χ4n) is 3.80. The number of nitrogens with zero attached hydrogens (tertiary/aromatic N) is 1. The van der Waals surface area contributed by atoms with E-state index < -0.39 is 0 Å². The highest BCUT2D eigenvalue weighted by atomic mass is 19.1. The first-order chi connectivity index (χ1) is 11.1. The van der Waals surface area contributed by atoms with Crippen LogP contribution in [0, 0.1) is 18.7 Å². The molecule has 0 aliphatic carbocycles. The number of likely N-dealkylation sites (tertiary alicyclic amines) is 1. The number of carbonyl (C=O) groups excluding carboxylic acids is 1. The van der Waals surface area contributed by atoms with Crippen LogP contribution in [0.1, 0.15) is 60.0 Å².